The number of nitrogens with one attached hydrogen (secondary N) is 1. The van der Waals surface area contributed by atoms with Crippen LogP contribution in [-0.2, 0) is 11.3 Å². The van der Waals surface area contributed by atoms with E-state index in [0.717, 1.165) is 22.7 Å². The van der Waals surface area contributed by atoms with Gasteiger partial charge in [0.1, 0.15) is 12.3 Å². The Labute approximate surface area is 116 Å². The van der Waals surface area contributed by atoms with Gasteiger partial charge in [-0.3, -0.25) is 0 Å². The van der Waals surface area contributed by atoms with Gasteiger partial charge in [-0.2, -0.15) is 0 Å². The van der Waals surface area contributed by atoms with E-state index in [1.165, 1.54) is 0 Å². The smallest absolute Gasteiger partial charge is 0.237 e. The normalized spacial score (nSPS) is 19.2. The molecule has 4 rings (SSSR count). The van der Waals surface area contributed by atoms with Gasteiger partial charge < -0.3 is 14.8 Å². The number of aliphatic imine (C=N–C) groups is 1. The van der Waals surface area contributed by atoms with Crippen LogP contribution in [0.5, 0.6) is 5.75 Å². The molecule has 0 saturated heterocycles. The van der Waals surface area contributed by atoms with E-state index in [1.54, 1.807) is 6.21 Å². The molecule has 2 aromatic rings. The van der Waals surface area contributed by atoms with Crippen LogP contribution in [0, 0.1) is 0 Å². The molecule has 0 spiro atoms. The van der Waals surface area contributed by atoms with Crippen LogP contribution in [0.3, 0.4) is 0 Å². The summed E-state index contributed by atoms with van der Waals surface area (Å²) < 4.78 is 11.5. The van der Waals surface area contributed by atoms with E-state index in [9.17, 15) is 0 Å². The molecule has 0 unspecified atom stereocenters. The molecule has 0 atom stereocenters. The van der Waals surface area contributed by atoms with Crippen molar-refractivity contribution in [2.24, 2.45) is 4.99 Å². The van der Waals surface area contributed by atoms with Crippen LogP contribution in [0.15, 0.2) is 65.2 Å². The number of benzene rings is 2. The first-order chi connectivity index (χ1) is 9.90. The van der Waals surface area contributed by atoms with Gasteiger partial charge in [-0.15, -0.1) is 0 Å². The SMILES string of the molecule is C1=Nc2ccccc2OC1=C1Nc2ccccc2CO1. The second kappa shape index (κ2) is 4.42. The Kier molecular flexibility index (Phi) is 2.45. The minimum absolute atomic E-state index is 0.529. The number of para-hydroxylation sites is 3. The van der Waals surface area contributed by atoms with E-state index < -0.39 is 0 Å². The summed E-state index contributed by atoms with van der Waals surface area (Å²) in [5.74, 6) is 1.93. The standard InChI is InChI=1S/C16H12N2O2/c1-2-6-12-11(5-1)10-19-16(18-12)15-9-17-13-7-3-4-8-14(13)20-15/h1-9,18H,10H2. The predicted octanol–water partition coefficient (Wildman–Crippen LogP) is 3.59. The maximum absolute atomic E-state index is 5.83. The van der Waals surface area contributed by atoms with Crippen molar-refractivity contribution < 1.29 is 9.47 Å². The molecule has 2 aliphatic rings. The molecule has 2 heterocycles. The zero-order valence-electron chi connectivity index (χ0n) is 10.7. The minimum Gasteiger partial charge on any atom is -0.471 e. The summed E-state index contributed by atoms with van der Waals surface area (Å²) in [7, 11) is 0. The van der Waals surface area contributed by atoms with Crippen molar-refractivity contribution in [3.8, 4) is 5.75 Å². The lowest BCUT2D eigenvalue weighted by molar-refractivity contribution is 0.183. The summed E-state index contributed by atoms with van der Waals surface area (Å²) in [6, 6.07) is 15.7. The molecule has 0 aromatic heterocycles. The fraction of sp³-hybridized carbons (Fsp3) is 0.0625. The fourth-order valence-corrected chi connectivity index (χ4v) is 2.24. The molecular formula is C16H12N2O2. The third kappa shape index (κ3) is 1.82. The molecule has 2 aromatic carbocycles. The lowest BCUT2D eigenvalue weighted by Gasteiger charge is -2.24. The van der Waals surface area contributed by atoms with Crippen LogP contribution >= 0.6 is 0 Å². The lowest BCUT2D eigenvalue weighted by Crippen LogP contribution is -2.18. The van der Waals surface area contributed by atoms with Crippen LogP contribution in [0.25, 0.3) is 0 Å². The number of hydrogen-bond acceptors (Lipinski definition) is 4. The highest BCUT2D eigenvalue weighted by Gasteiger charge is 2.20. The first-order valence-corrected chi connectivity index (χ1v) is 6.43. The Hall–Kier alpha value is -2.75. The molecule has 2 aliphatic heterocycles. The summed E-state index contributed by atoms with van der Waals surface area (Å²) in [6.45, 7) is 0.529. The van der Waals surface area contributed by atoms with Crippen LogP contribution in [0.4, 0.5) is 11.4 Å². The lowest BCUT2D eigenvalue weighted by atomic mass is 10.1. The summed E-state index contributed by atoms with van der Waals surface area (Å²) in [5, 5.41) is 3.24. The first kappa shape index (κ1) is 11.1. The zero-order valence-corrected chi connectivity index (χ0v) is 10.7. The van der Waals surface area contributed by atoms with Crippen LogP contribution < -0.4 is 10.1 Å². The summed E-state index contributed by atoms with van der Waals surface area (Å²) in [5.41, 5.74) is 3.00. The average molecular weight is 264 g/mol. The highest BCUT2D eigenvalue weighted by molar-refractivity contribution is 5.84. The second-order valence-corrected chi connectivity index (χ2v) is 4.59. The molecule has 98 valence electrons. The Morgan fingerprint density at radius 3 is 2.85 bits per heavy atom. The number of ether oxygens (including phenoxy) is 2. The van der Waals surface area contributed by atoms with Crippen molar-refractivity contribution in [2.75, 3.05) is 5.32 Å². The molecule has 0 amide bonds. The molecule has 4 heteroatoms. The van der Waals surface area contributed by atoms with Gasteiger partial charge in [0.25, 0.3) is 0 Å². The fourth-order valence-electron chi connectivity index (χ4n) is 2.24. The van der Waals surface area contributed by atoms with Gasteiger partial charge >= 0.3 is 0 Å². The van der Waals surface area contributed by atoms with Crippen molar-refractivity contribution in [2.45, 2.75) is 6.61 Å². The third-order valence-corrected chi connectivity index (χ3v) is 3.27. The van der Waals surface area contributed by atoms with Crippen LogP contribution in [0.2, 0.25) is 0 Å². The largest absolute Gasteiger partial charge is 0.471 e. The quantitative estimate of drug-likeness (QED) is 0.790. The predicted molar refractivity (Wildman–Crippen MR) is 77.1 cm³/mol. The second-order valence-electron chi connectivity index (χ2n) is 4.59. The van der Waals surface area contributed by atoms with Gasteiger partial charge in [0.2, 0.25) is 11.6 Å². The molecule has 4 nitrogen and oxygen atoms in total. The molecule has 0 radical (unpaired) electrons. The average Bonchev–Trinajstić information content (AvgIpc) is 2.54. The van der Waals surface area contributed by atoms with Gasteiger partial charge in [0, 0.05) is 11.3 Å². The molecular weight excluding hydrogens is 252 g/mol. The van der Waals surface area contributed by atoms with Crippen LogP contribution in [-0.4, -0.2) is 6.21 Å². The number of hydrogen-bond donors (Lipinski definition) is 1. The molecule has 0 saturated carbocycles. The first-order valence-electron chi connectivity index (χ1n) is 6.43. The highest BCUT2D eigenvalue weighted by atomic mass is 16.5. The van der Waals surface area contributed by atoms with Crippen molar-refractivity contribution in [3.63, 3.8) is 0 Å². The number of nitrogens with zero attached hydrogens (tertiary/aromatic N) is 1. The van der Waals surface area contributed by atoms with Crippen molar-refractivity contribution in [3.05, 3.63) is 65.7 Å². The third-order valence-electron chi connectivity index (χ3n) is 3.27. The Morgan fingerprint density at radius 2 is 1.85 bits per heavy atom. The Bertz CT molecular complexity index is 735. The summed E-state index contributed by atoms with van der Waals surface area (Å²) >= 11 is 0. The molecule has 1 N–H and O–H groups in total. The van der Waals surface area contributed by atoms with Gasteiger partial charge in [0.05, 0.1) is 6.21 Å². The van der Waals surface area contributed by atoms with Gasteiger partial charge in [-0.05, 0) is 18.2 Å². The Balaban J connectivity index is 1.69. The summed E-state index contributed by atoms with van der Waals surface area (Å²) in [4.78, 5) is 4.38. The zero-order chi connectivity index (χ0) is 13.4. The molecule has 20 heavy (non-hydrogen) atoms. The van der Waals surface area contributed by atoms with Crippen molar-refractivity contribution >= 4 is 17.6 Å². The van der Waals surface area contributed by atoms with Crippen molar-refractivity contribution in [1.29, 1.82) is 0 Å². The monoisotopic (exact) mass is 264 g/mol. The maximum atomic E-state index is 5.83. The number of allylic oxidation sites excluding steroid dienone is 1. The highest BCUT2D eigenvalue weighted by Crippen LogP contribution is 2.33. The van der Waals surface area contributed by atoms with Crippen molar-refractivity contribution in [1.82, 2.24) is 0 Å². The van der Waals surface area contributed by atoms with E-state index in [4.69, 9.17) is 9.47 Å². The Morgan fingerprint density at radius 1 is 1.00 bits per heavy atom. The topological polar surface area (TPSA) is 42.8 Å². The van der Waals surface area contributed by atoms with Crippen LogP contribution in [0.1, 0.15) is 5.56 Å². The van der Waals surface area contributed by atoms with E-state index in [0.29, 0.717) is 18.2 Å². The maximum Gasteiger partial charge on any atom is 0.237 e. The van der Waals surface area contributed by atoms with Gasteiger partial charge in [0.15, 0.2) is 5.75 Å². The molecule has 0 aliphatic carbocycles. The summed E-state index contributed by atoms with van der Waals surface area (Å²) in [6.07, 6.45) is 1.68. The molecule has 0 bridgehead atoms. The van der Waals surface area contributed by atoms with Gasteiger partial charge in [-0.25, -0.2) is 4.99 Å². The van der Waals surface area contributed by atoms with E-state index in [2.05, 4.69) is 10.3 Å². The molecule has 0 fully saturated rings. The van der Waals surface area contributed by atoms with E-state index in [1.807, 2.05) is 48.5 Å². The number of rotatable bonds is 0. The van der Waals surface area contributed by atoms with Gasteiger partial charge in [-0.1, -0.05) is 30.3 Å². The minimum atomic E-state index is 0.529. The van der Waals surface area contributed by atoms with E-state index >= 15 is 0 Å². The number of anilines is 1. The number of fused-ring (bicyclic) bond motifs is 2. The van der Waals surface area contributed by atoms with E-state index in [-0.39, 0.29) is 0 Å².